The van der Waals surface area contributed by atoms with Gasteiger partial charge in [-0.3, -0.25) is 4.79 Å². The van der Waals surface area contributed by atoms with Crippen LogP contribution in [0.4, 0.5) is 5.69 Å². The Morgan fingerprint density at radius 3 is 2.08 bits per heavy atom. The van der Waals surface area contributed by atoms with Gasteiger partial charge in [-0.05, 0) is 56.4 Å². The summed E-state index contributed by atoms with van der Waals surface area (Å²) < 4.78 is 12.2. The number of carbonyl (C=O) groups is 1. The van der Waals surface area contributed by atoms with E-state index in [-0.39, 0.29) is 24.2 Å². The average Bonchev–Trinajstić information content (AvgIpc) is 2.75. The summed E-state index contributed by atoms with van der Waals surface area (Å²) in [5.74, 6) is -0.0757. The van der Waals surface area contributed by atoms with E-state index in [1.54, 1.807) is 0 Å². The van der Waals surface area contributed by atoms with E-state index < -0.39 is 0 Å². The van der Waals surface area contributed by atoms with E-state index >= 15 is 0 Å². The first-order valence-corrected chi connectivity index (χ1v) is 8.52. The number of anilines is 1. The van der Waals surface area contributed by atoms with Crippen molar-refractivity contribution in [2.24, 2.45) is 0 Å². The van der Waals surface area contributed by atoms with Crippen LogP contribution in [-0.4, -0.2) is 24.2 Å². The van der Waals surface area contributed by atoms with Crippen LogP contribution in [-0.2, 0) is 14.1 Å². The second kappa shape index (κ2) is 6.32. The third kappa shape index (κ3) is 3.62. The summed E-state index contributed by atoms with van der Waals surface area (Å²) in [6, 6.07) is 16.0. The molecule has 4 nitrogen and oxygen atoms in total. The zero-order valence-electron chi connectivity index (χ0n) is 15.4. The Balaban J connectivity index is 1.81. The third-order valence-corrected chi connectivity index (χ3v) is 4.95. The van der Waals surface area contributed by atoms with Crippen LogP contribution in [0.1, 0.15) is 34.6 Å². The summed E-state index contributed by atoms with van der Waals surface area (Å²) in [6.07, 6.45) is 0. The van der Waals surface area contributed by atoms with E-state index in [1.165, 1.54) is 6.92 Å². The van der Waals surface area contributed by atoms with Crippen LogP contribution >= 0.6 is 0 Å². The molecule has 130 valence electrons. The zero-order chi connectivity index (χ0) is 18.2. The molecular weight excluding hydrogens is 313 g/mol. The third-order valence-electron chi connectivity index (χ3n) is 4.95. The van der Waals surface area contributed by atoms with Gasteiger partial charge in [-0.15, -0.1) is 0 Å². The number of carbonyl (C=O) groups excluding carboxylic acids is 1. The number of rotatable bonds is 3. The van der Waals surface area contributed by atoms with Gasteiger partial charge in [0.15, 0.2) is 0 Å². The maximum absolute atomic E-state index is 11.2. The van der Waals surface area contributed by atoms with Gasteiger partial charge in [-0.2, -0.15) is 0 Å². The van der Waals surface area contributed by atoms with Gasteiger partial charge in [0.1, 0.15) is 0 Å². The molecule has 0 bridgehead atoms. The van der Waals surface area contributed by atoms with Crippen molar-refractivity contribution in [3.8, 4) is 11.1 Å². The summed E-state index contributed by atoms with van der Waals surface area (Å²) in [7, 11) is -0.357. The van der Waals surface area contributed by atoms with E-state index in [0.717, 1.165) is 22.3 Å². The fourth-order valence-corrected chi connectivity index (χ4v) is 2.79. The molecule has 3 rings (SSSR count). The number of benzene rings is 2. The lowest BCUT2D eigenvalue weighted by Crippen LogP contribution is -2.41. The molecule has 0 aromatic heterocycles. The topological polar surface area (TPSA) is 47.6 Å². The molecule has 0 spiro atoms. The van der Waals surface area contributed by atoms with Crippen molar-refractivity contribution in [2.75, 3.05) is 5.32 Å². The Bertz CT molecular complexity index is 768. The van der Waals surface area contributed by atoms with Gasteiger partial charge in [0.25, 0.3) is 0 Å². The molecule has 2 aromatic rings. The van der Waals surface area contributed by atoms with Crippen LogP contribution in [0.2, 0.25) is 0 Å². The minimum absolute atomic E-state index is 0.0757. The molecule has 1 amide bonds. The SMILES string of the molecule is CC(=O)Nc1cccc(-c2ccc(B3OC(C)(C)C(C)(C)O3)cc2)c1. The van der Waals surface area contributed by atoms with Crippen molar-refractivity contribution in [1.82, 2.24) is 0 Å². The van der Waals surface area contributed by atoms with Crippen molar-refractivity contribution < 1.29 is 14.1 Å². The first-order chi connectivity index (χ1) is 11.7. The first-order valence-electron chi connectivity index (χ1n) is 8.52. The minimum atomic E-state index is -0.357. The fraction of sp³-hybridized carbons (Fsp3) is 0.350. The van der Waals surface area contributed by atoms with Gasteiger partial charge in [-0.25, -0.2) is 0 Å². The van der Waals surface area contributed by atoms with Crippen molar-refractivity contribution >= 4 is 24.2 Å². The molecular formula is C20H24BNO3. The standard InChI is InChI=1S/C20H24BNO3/c1-14(23)22-18-8-6-7-16(13-18)15-9-11-17(12-10-15)21-24-19(2,3)20(4,5)25-21/h6-13H,1-5H3,(H,22,23). The maximum atomic E-state index is 11.2. The van der Waals surface area contributed by atoms with Gasteiger partial charge in [-0.1, -0.05) is 36.4 Å². The molecule has 0 radical (unpaired) electrons. The van der Waals surface area contributed by atoms with Crippen LogP contribution in [0.5, 0.6) is 0 Å². The van der Waals surface area contributed by atoms with E-state index in [2.05, 4.69) is 33.0 Å². The second-order valence-corrected chi connectivity index (χ2v) is 7.47. The summed E-state index contributed by atoms with van der Waals surface area (Å²) in [4.78, 5) is 11.2. The lowest BCUT2D eigenvalue weighted by atomic mass is 9.78. The van der Waals surface area contributed by atoms with Crippen LogP contribution < -0.4 is 10.8 Å². The van der Waals surface area contributed by atoms with Gasteiger partial charge in [0.05, 0.1) is 11.2 Å². The number of hydrogen-bond donors (Lipinski definition) is 1. The molecule has 25 heavy (non-hydrogen) atoms. The summed E-state index contributed by atoms with van der Waals surface area (Å²) in [6.45, 7) is 9.71. The first kappa shape index (κ1) is 17.7. The minimum Gasteiger partial charge on any atom is -0.399 e. The molecule has 1 N–H and O–H groups in total. The number of nitrogens with one attached hydrogen (secondary N) is 1. The molecule has 2 aromatic carbocycles. The average molecular weight is 337 g/mol. The van der Waals surface area contributed by atoms with Crippen LogP contribution in [0.3, 0.4) is 0 Å². The molecule has 1 aliphatic heterocycles. The predicted molar refractivity (Wildman–Crippen MR) is 102 cm³/mol. The number of amides is 1. The monoisotopic (exact) mass is 337 g/mol. The highest BCUT2D eigenvalue weighted by Crippen LogP contribution is 2.36. The van der Waals surface area contributed by atoms with E-state index in [9.17, 15) is 4.79 Å². The molecule has 1 saturated heterocycles. The molecule has 1 fully saturated rings. The quantitative estimate of drug-likeness (QED) is 0.871. The molecule has 1 aliphatic rings. The van der Waals surface area contributed by atoms with E-state index in [1.807, 2.05) is 48.5 Å². The van der Waals surface area contributed by atoms with E-state index in [4.69, 9.17) is 9.31 Å². The molecule has 5 heteroatoms. The Kier molecular flexibility index (Phi) is 4.48. The second-order valence-electron chi connectivity index (χ2n) is 7.47. The molecule has 1 heterocycles. The lowest BCUT2D eigenvalue weighted by Gasteiger charge is -2.32. The van der Waals surface area contributed by atoms with Crippen molar-refractivity contribution in [3.63, 3.8) is 0 Å². The van der Waals surface area contributed by atoms with Gasteiger partial charge in [0, 0.05) is 12.6 Å². The van der Waals surface area contributed by atoms with Gasteiger partial charge in [0.2, 0.25) is 5.91 Å². The van der Waals surface area contributed by atoms with Crippen molar-refractivity contribution in [1.29, 1.82) is 0 Å². The molecule has 0 saturated carbocycles. The van der Waals surface area contributed by atoms with Crippen LogP contribution in [0.15, 0.2) is 48.5 Å². The Morgan fingerprint density at radius 2 is 1.52 bits per heavy atom. The predicted octanol–water partition coefficient (Wildman–Crippen LogP) is 3.61. The maximum Gasteiger partial charge on any atom is 0.494 e. The van der Waals surface area contributed by atoms with Crippen LogP contribution in [0, 0.1) is 0 Å². The van der Waals surface area contributed by atoms with Gasteiger partial charge >= 0.3 is 7.12 Å². The normalized spacial score (nSPS) is 18.2. The lowest BCUT2D eigenvalue weighted by molar-refractivity contribution is -0.114. The highest BCUT2D eigenvalue weighted by molar-refractivity contribution is 6.62. The highest BCUT2D eigenvalue weighted by Gasteiger charge is 2.51. The highest BCUT2D eigenvalue weighted by atomic mass is 16.7. The number of hydrogen-bond acceptors (Lipinski definition) is 3. The van der Waals surface area contributed by atoms with Crippen LogP contribution in [0.25, 0.3) is 11.1 Å². The van der Waals surface area contributed by atoms with Gasteiger partial charge < -0.3 is 14.6 Å². The Hall–Kier alpha value is -2.11. The Labute approximate surface area is 149 Å². The fourth-order valence-electron chi connectivity index (χ4n) is 2.79. The summed E-state index contributed by atoms with van der Waals surface area (Å²) in [5, 5.41) is 2.81. The van der Waals surface area contributed by atoms with E-state index in [0.29, 0.717) is 0 Å². The largest absolute Gasteiger partial charge is 0.494 e. The molecule has 0 atom stereocenters. The smallest absolute Gasteiger partial charge is 0.399 e. The molecule has 0 aliphatic carbocycles. The Morgan fingerprint density at radius 1 is 0.920 bits per heavy atom. The van der Waals surface area contributed by atoms with Crippen molar-refractivity contribution in [2.45, 2.75) is 45.8 Å². The molecule has 0 unspecified atom stereocenters. The summed E-state index contributed by atoms with van der Waals surface area (Å²) in [5.41, 5.74) is 3.23. The zero-order valence-corrected chi connectivity index (χ0v) is 15.4. The van der Waals surface area contributed by atoms with Crippen molar-refractivity contribution in [3.05, 3.63) is 48.5 Å². The summed E-state index contributed by atoms with van der Waals surface area (Å²) >= 11 is 0.